The fourth-order valence-electron chi connectivity index (χ4n) is 1.76. The Kier molecular flexibility index (Phi) is 4.93. The van der Waals surface area contributed by atoms with Gasteiger partial charge in [0.1, 0.15) is 4.90 Å². The zero-order valence-electron chi connectivity index (χ0n) is 11.3. The van der Waals surface area contributed by atoms with Crippen LogP contribution in [0.15, 0.2) is 50.2 Å². The van der Waals surface area contributed by atoms with Crippen LogP contribution in [-0.2, 0) is 10.0 Å². The molecule has 0 radical (unpaired) electrons. The van der Waals surface area contributed by atoms with Gasteiger partial charge in [-0.15, -0.1) is 0 Å². The largest absolute Gasteiger partial charge is 0.478 e. The Balaban J connectivity index is 2.43. The maximum absolute atomic E-state index is 12.5. The van der Waals surface area contributed by atoms with E-state index in [2.05, 4.69) is 36.6 Å². The van der Waals surface area contributed by atoms with Crippen molar-refractivity contribution in [1.29, 1.82) is 0 Å². The van der Waals surface area contributed by atoms with Gasteiger partial charge in [-0.1, -0.05) is 22.0 Å². The van der Waals surface area contributed by atoms with E-state index in [1.165, 1.54) is 18.2 Å². The highest BCUT2D eigenvalue weighted by atomic mass is 79.9. The Bertz CT molecular complexity index is 850. The van der Waals surface area contributed by atoms with Gasteiger partial charge in [-0.25, -0.2) is 13.2 Å². The molecule has 0 amide bonds. The molecule has 2 N–H and O–H groups in total. The average molecular weight is 449 g/mol. The van der Waals surface area contributed by atoms with Crippen LogP contribution in [0.3, 0.4) is 0 Å². The summed E-state index contributed by atoms with van der Waals surface area (Å²) in [6, 6.07) is 9.00. The van der Waals surface area contributed by atoms with Crippen molar-refractivity contribution in [3.05, 3.63) is 56.5 Å². The van der Waals surface area contributed by atoms with E-state index in [-0.39, 0.29) is 14.9 Å². The zero-order valence-corrected chi connectivity index (χ0v) is 15.3. The first-order valence-electron chi connectivity index (χ1n) is 6.02. The van der Waals surface area contributed by atoms with Crippen LogP contribution in [-0.4, -0.2) is 19.5 Å². The Morgan fingerprint density at radius 3 is 2.41 bits per heavy atom. The maximum atomic E-state index is 12.5. The van der Waals surface area contributed by atoms with Gasteiger partial charge >= 0.3 is 5.97 Å². The third-order valence-electron chi connectivity index (χ3n) is 2.91. The second-order valence-electron chi connectivity index (χ2n) is 4.52. The van der Waals surface area contributed by atoms with E-state index in [4.69, 9.17) is 5.11 Å². The number of nitrogens with one attached hydrogen (secondary N) is 1. The second kappa shape index (κ2) is 6.39. The van der Waals surface area contributed by atoms with Crippen molar-refractivity contribution in [1.82, 2.24) is 0 Å². The summed E-state index contributed by atoms with van der Waals surface area (Å²) in [5, 5.41) is 8.91. The molecular formula is C14H11Br2NO4S. The number of carboxylic acid groups (broad SMARTS) is 1. The van der Waals surface area contributed by atoms with Gasteiger partial charge in [0.05, 0.1) is 11.3 Å². The molecule has 0 aliphatic carbocycles. The molecule has 0 bridgehead atoms. The van der Waals surface area contributed by atoms with Crippen molar-refractivity contribution < 1.29 is 18.3 Å². The van der Waals surface area contributed by atoms with Crippen molar-refractivity contribution in [3.63, 3.8) is 0 Å². The molecule has 0 aliphatic rings. The van der Waals surface area contributed by atoms with Crippen molar-refractivity contribution in [3.8, 4) is 0 Å². The van der Waals surface area contributed by atoms with E-state index in [0.717, 1.165) is 10.0 Å². The Hall–Kier alpha value is -1.38. The Labute approximate surface area is 144 Å². The number of hydrogen-bond donors (Lipinski definition) is 2. The summed E-state index contributed by atoms with van der Waals surface area (Å²) in [5.41, 5.74) is 1.22. The molecule has 0 heterocycles. The molecule has 22 heavy (non-hydrogen) atoms. The third kappa shape index (κ3) is 3.68. The van der Waals surface area contributed by atoms with Gasteiger partial charge in [-0.05, 0) is 58.7 Å². The number of sulfonamides is 1. The smallest absolute Gasteiger partial charge is 0.335 e. The molecule has 116 valence electrons. The number of halogens is 2. The van der Waals surface area contributed by atoms with Gasteiger partial charge in [0, 0.05) is 8.95 Å². The molecule has 0 aromatic heterocycles. The first-order chi connectivity index (χ1) is 10.2. The van der Waals surface area contributed by atoms with Crippen molar-refractivity contribution in [2.24, 2.45) is 0 Å². The minimum atomic E-state index is -3.84. The Morgan fingerprint density at radius 2 is 1.82 bits per heavy atom. The fourth-order valence-corrected chi connectivity index (χ4v) is 4.32. The normalized spacial score (nSPS) is 11.2. The third-order valence-corrected chi connectivity index (χ3v) is 5.75. The van der Waals surface area contributed by atoms with Crippen LogP contribution in [0.25, 0.3) is 0 Å². The maximum Gasteiger partial charge on any atom is 0.335 e. The van der Waals surface area contributed by atoms with Crippen LogP contribution in [0, 0.1) is 6.92 Å². The summed E-state index contributed by atoms with van der Waals surface area (Å²) in [6.07, 6.45) is 0. The SMILES string of the molecule is Cc1ccc(Br)cc1NS(=O)(=O)c1ccc(C(=O)O)cc1Br. The summed E-state index contributed by atoms with van der Waals surface area (Å²) in [6.45, 7) is 1.78. The quantitative estimate of drug-likeness (QED) is 0.739. The van der Waals surface area contributed by atoms with Gasteiger partial charge in [-0.3, -0.25) is 4.72 Å². The van der Waals surface area contributed by atoms with Gasteiger partial charge in [0.25, 0.3) is 10.0 Å². The average Bonchev–Trinajstić information content (AvgIpc) is 2.42. The van der Waals surface area contributed by atoms with E-state index < -0.39 is 16.0 Å². The first kappa shape index (κ1) is 17.0. The molecule has 0 saturated carbocycles. The van der Waals surface area contributed by atoms with Crippen LogP contribution >= 0.6 is 31.9 Å². The highest BCUT2D eigenvalue weighted by Gasteiger charge is 2.20. The standard InChI is InChI=1S/C14H11Br2NO4S/c1-8-2-4-10(15)7-12(8)17-22(20,21)13-5-3-9(14(18)19)6-11(13)16/h2-7,17H,1H3,(H,18,19). The lowest BCUT2D eigenvalue weighted by Crippen LogP contribution is -2.14. The van der Waals surface area contributed by atoms with E-state index in [1.807, 2.05) is 6.07 Å². The number of carboxylic acids is 1. The highest BCUT2D eigenvalue weighted by molar-refractivity contribution is 9.10. The number of aryl methyl sites for hydroxylation is 1. The molecule has 2 rings (SSSR count). The summed E-state index contributed by atoms with van der Waals surface area (Å²) < 4.78 is 28.4. The number of aromatic carboxylic acids is 1. The summed E-state index contributed by atoms with van der Waals surface area (Å²) in [4.78, 5) is 10.9. The van der Waals surface area contributed by atoms with Crippen LogP contribution in [0.1, 0.15) is 15.9 Å². The molecule has 0 spiro atoms. The van der Waals surface area contributed by atoms with Gasteiger partial charge in [0.15, 0.2) is 0 Å². The van der Waals surface area contributed by atoms with E-state index >= 15 is 0 Å². The number of rotatable bonds is 4. The number of carbonyl (C=O) groups is 1. The topological polar surface area (TPSA) is 83.5 Å². The predicted molar refractivity (Wildman–Crippen MR) is 90.8 cm³/mol. The number of hydrogen-bond acceptors (Lipinski definition) is 3. The molecular weight excluding hydrogens is 438 g/mol. The molecule has 0 unspecified atom stereocenters. The van der Waals surface area contributed by atoms with Crippen LogP contribution in [0.5, 0.6) is 0 Å². The van der Waals surface area contributed by atoms with Gasteiger partial charge in [-0.2, -0.15) is 0 Å². The highest BCUT2D eigenvalue weighted by Crippen LogP contribution is 2.28. The van der Waals surface area contributed by atoms with Crippen LogP contribution in [0.2, 0.25) is 0 Å². The molecule has 5 nitrogen and oxygen atoms in total. The predicted octanol–water partition coefficient (Wildman–Crippen LogP) is 4.02. The summed E-state index contributed by atoms with van der Waals surface area (Å²) in [7, 11) is -3.84. The minimum absolute atomic E-state index is 0.00413. The lowest BCUT2D eigenvalue weighted by Gasteiger charge is -2.12. The van der Waals surface area contributed by atoms with Crippen LogP contribution < -0.4 is 4.72 Å². The van der Waals surface area contributed by atoms with Gasteiger partial charge < -0.3 is 5.11 Å². The van der Waals surface area contributed by atoms with E-state index in [9.17, 15) is 13.2 Å². The molecule has 0 atom stereocenters. The number of anilines is 1. The first-order valence-corrected chi connectivity index (χ1v) is 9.09. The van der Waals surface area contributed by atoms with Crippen LogP contribution in [0.4, 0.5) is 5.69 Å². The monoisotopic (exact) mass is 447 g/mol. The van der Waals surface area contributed by atoms with Gasteiger partial charge in [0.2, 0.25) is 0 Å². The van der Waals surface area contributed by atoms with E-state index in [1.54, 1.807) is 19.1 Å². The fraction of sp³-hybridized carbons (Fsp3) is 0.0714. The molecule has 0 aliphatic heterocycles. The zero-order chi connectivity index (χ0) is 16.5. The van der Waals surface area contributed by atoms with Crippen molar-refractivity contribution in [2.45, 2.75) is 11.8 Å². The van der Waals surface area contributed by atoms with Crippen molar-refractivity contribution in [2.75, 3.05) is 4.72 Å². The molecule has 2 aromatic carbocycles. The number of benzene rings is 2. The summed E-state index contributed by atoms with van der Waals surface area (Å²) >= 11 is 6.40. The van der Waals surface area contributed by atoms with Crippen molar-refractivity contribution >= 4 is 53.5 Å². The van der Waals surface area contributed by atoms with E-state index in [0.29, 0.717) is 5.69 Å². The lowest BCUT2D eigenvalue weighted by atomic mass is 10.2. The summed E-state index contributed by atoms with van der Waals surface area (Å²) in [5.74, 6) is -1.12. The lowest BCUT2D eigenvalue weighted by molar-refractivity contribution is 0.0696. The molecule has 0 saturated heterocycles. The molecule has 0 fully saturated rings. The molecule has 2 aromatic rings. The second-order valence-corrected chi connectivity index (χ2v) is 7.94. The molecule has 8 heteroatoms. The Morgan fingerprint density at radius 1 is 1.14 bits per heavy atom. The minimum Gasteiger partial charge on any atom is -0.478 e.